The average molecular weight is 225 g/mol. The highest BCUT2D eigenvalue weighted by Crippen LogP contribution is 2.32. The Morgan fingerprint density at radius 1 is 1.13 bits per heavy atom. The number of halogens is 1. The van der Waals surface area contributed by atoms with E-state index in [1.807, 2.05) is 12.1 Å². The largest absolute Gasteiger partial charge is 0.496 e. The normalized spacial score (nSPS) is 15.7. The number of methoxy groups -OCH3 is 1. The summed E-state index contributed by atoms with van der Waals surface area (Å²) in [6.07, 6.45) is 2.69. The number of ketones is 1. The van der Waals surface area contributed by atoms with Gasteiger partial charge in [-0.25, -0.2) is 0 Å². The molecule has 15 heavy (non-hydrogen) atoms. The second-order valence-corrected chi connectivity index (χ2v) is 4.15. The van der Waals surface area contributed by atoms with Crippen LogP contribution in [0.5, 0.6) is 5.75 Å². The zero-order chi connectivity index (χ0) is 10.8. The van der Waals surface area contributed by atoms with Crippen molar-refractivity contribution in [3.63, 3.8) is 0 Å². The Kier molecular flexibility index (Phi) is 2.96. The first-order chi connectivity index (χ1) is 7.22. The molecule has 0 N–H and O–H groups in total. The van der Waals surface area contributed by atoms with Crippen molar-refractivity contribution < 1.29 is 9.53 Å². The number of Topliss-reactive ketones (excluding diaryl/α,β-unsaturated/α-hetero) is 1. The SMILES string of the molecule is COc1ccc(Cl)c2c1CCC(=O)CC2. The molecule has 80 valence electrons. The molecule has 0 heterocycles. The molecule has 0 fully saturated rings. The third-order valence-corrected chi connectivity index (χ3v) is 3.21. The van der Waals surface area contributed by atoms with Gasteiger partial charge in [-0.2, -0.15) is 0 Å². The van der Waals surface area contributed by atoms with E-state index in [0.717, 1.165) is 34.7 Å². The summed E-state index contributed by atoms with van der Waals surface area (Å²) in [5, 5.41) is 0.750. The fourth-order valence-electron chi connectivity index (χ4n) is 2.03. The summed E-state index contributed by atoms with van der Waals surface area (Å²) in [5.41, 5.74) is 2.19. The molecule has 0 radical (unpaired) electrons. The first kappa shape index (κ1) is 10.5. The molecule has 0 aliphatic heterocycles. The number of benzene rings is 1. The van der Waals surface area contributed by atoms with E-state index in [1.165, 1.54) is 0 Å². The number of ether oxygens (including phenoxy) is 1. The molecule has 0 amide bonds. The Bertz CT molecular complexity index is 399. The third kappa shape index (κ3) is 2.00. The topological polar surface area (TPSA) is 26.3 Å². The minimum Gasteiger partial charge on any atom is -0.496 e. The Balaban J connectivity index is 2.48. The summed E-state index contributed by atoms with van der Waals surface area (Å²) in [5.74, 6) is 1.16. The second kappa shape index (κ2) is 4.23. The molecule has 0 unspecified atom stereocenters. The van der Waals surface area contributed by atoms with Crippen molar-refractivity contribution in [3.8, 4) is 5.75 Å². The standard InChI is InChI=1S/C12H13ClO2/c1-15-12-7-6-11(13)9-4-2-8(14)3-5-10(9)12/h6-7H,2-5H2,1H3. The van der Waals surface area contributed by atoms with Crippen LogP contribution in [-0.2, 0) is 17.6 Å². The molecule has 0 saturated carbocycles. The first-order valence-electron chi connectivity index (χ1n) is 5.08. The Hall–Kier alpha value is -1.02. The van der Waals surface area contributed by atoms with Gasteiger partial charge < -0.3 is 4.74 Å². The van der Waals surface area contributed by atoms with Crippen LogP contribution in [0.1, 0.15) is 24.0 Å². The lowest BCUT2D eigenvalue weighted by Crippen LogP contribution is -1.97. The van der Waals surface area contributed by atoms with Crippen LogP contribution in [0.3, 0.4) is 0 Å². The molecular formula is C12H13ClO2. The molecule has 1 aliphatic rings. The van der Waals surface area contributed by atoms with E-state index in [4.69, 9.17) is 16.3 Å². The molecule has 2 rings (SSSR count). The van der Waals surface area contributed by atoms with Gasteiger partial charge in [-0.05, 0) is 36.1 Å². The van der Waals surface area contributed by atoms with Crippen LogP contribution >= 0.6 is 11.6 Å². The summed E-state index contributed by atoms with van der Waals surface area (Å²) in [6.45, 7) is 0. The van der Waals surface area contributed by atoms with Crippen LogP contribution in [0.15, 0.2) is 12.1 Å². The fourth-order valence-corrected chi connectivity index (χ4v) is 2.30. The van der Waals surface area contributed by atoms with Crippen molar-refractivity contribution in [3.05, 3.63) is 28.3 Å². The van der Waals surface area contributed by atoms with Gasteiger partial charge in [-0.1, -0.05) is 11.6 Å². The molecule has 1 aromatic rings. The Morgan fingerprint density at radius 3 is 2.47 bits per heavy atom. The molecule has 1 aliphatic carbocycles. The third-order valence-electron chi connectivity index (χ3n) is 2.86. The Labute approximate surface area is 94.2 Å². The van der Waals surface area contributed by atoms with Crippen LogP contribution in [-0.4, -0.2) is 12.9 Å². The van der Waals surface area contributed by atoms with Gasteiger partial charge in [0.1, 0.15) is 11.5 Å². The van der Waals surface area contributed by atoms with Gasteiger partial charge in [0.05, 0.1) is 7.11 Å². The lowest BCUT2D eigenvalue weighted by molar-refractivity contribution is -0.118. The van der Waals surface area contributed by atoms with Gasteiger partial charge in [0, 0.05) is 17.9 Å². The van der Waals surface area contributed by atoms with Crippen molar-refractivity contribution in [2.75, 3.05) is 7.11 Å². The molecule has 1 aromatic carbocycles. The Morgan fingerprint density at radius 2 is 1.80 bits per heavy atom. The summed E-state index contributed by atoms with van der Waals surface area (Å²) in [7, 11) is 1.65. The minimum absolute atomic E-state index is 0.310. The number of carbonyl (C=O) groups excluding carboxylic acids is 1. The predicted molar refractivity (Wildman–Crippen MR) is 59.7 cm³/mol. The maximum absolute atomic E-state index is 11.4. The fraction of sp³-hybridized carbons (Fsp3) is 0.417. The predicted octanol–water partition coefficient (Wildman–Crippen LogP) is 2.80. The van der Waals surface area contributed by atoms with Gasteiger partial charge in [-0.3, -0.25) is 4.79 Å². The average Bonchev–Trinajstić information content (AvgIpc) is 2.43. The van der Waals surface area contributed by atoms with Crippen LogP contribution in [0, 0.1) is 0 Å². The van der Waals surface area contributed by atoms with E-state index in [1.54, 1.807) is 7.11 Å². The van der Waals surface area contributed by atoms with Crippen LogP contribution in [0.2, 0.25) is 5.02 Å². The smallest absolute Gasteiger partial charge is 0.133 e. The van der Waals surface area contributed by atoms with Crippen molar-refractivity contribution >= 4 is 17.4 Å². The monoisotopic (exact) mass is 224 g/mol. The van der Waals surface area contributed by atoms with E-state index in [0.29, 0.717) is 18.6 Å². The quantitative estimate of drug-likeness (QED) is 0.686. The van der Waals surface area contributed by atoms with Gasteiger partial charge in [-0.15, -0.1) is 0 Å². The summed E-state index contributed by atoms with van der Waals surface area (Å²) in [4.78, 5) is 11.4. The maximum atomic E-state index is 11.4. The highest BCUT2D eigenvalue weighted by atomic mass is 35.5. The van der Waals surface area contributed by atoms with E-state index in [-0.39, 0.29) is 0 Å². The second-order valence-electron chi connectivity index (χ2n) is 3.75. The number of fused-ring (bicyclic) bond motifs is 1. The van der Waals surface area contributed by atoms with Crippen LogP contribution in [0.25, 0.3) is 0 Å². The van der Waals surface area contributed by atoms with Crippen molar-refractivity contribution in [1.29, 1.82) is 0 Å². The molecule has 0 aromatic heterocycles. The van der Waals surface area contributed by atoms with Crippen molar-refractivity contribution in [1.82, 2.24) is 0 Å². The highest BCUT2D eigenvalue weighted by molar-refractivity contribution is 6.31. The van der Waals surface area contributed by atoms with E-state index < -0.39 is 0 Å². The van der Waals surface area contributed by atoms with Gasteiger partial charge in [0.15, 0.2) is 0 Å². The molecule has 0 bridgehead atoms. The summed E-state index contributed by atoms with van der Waals surface area (Å²) < 4.78 is 5.29. The number of carbonyl (C=O) groups is 1. The van der Waals surface area contributed by atoms with Gasteiger partial charge >= 0.3 is 0 Å². The van der Waals surface area contributed by atoms with Crippen molar-refractivity contribution in [2.45, 2.75) is 25.7 Å². The maximum Gasteiger partial charge on any atom is 0.133 e. The molecular weight excluding hydrogens is 212 g/mol. The zero-order valence-corrected chi connectivity index (χ0v) is 9.43. The van der Waals surface area contributed by atoms with E-state index >= 15 is 0 Å². The molecule has 0 saturated heterocycles. The lowest BCUT2D eigenvalue weighted by Gasteiger charge is -2.12. The van der Waals surface area contributed by atoms with Crippen molar-refractivity contribution in [2.24, 2.45) is 0 Å². The molecule has 3 heteroatoms. The minimum atomic E-state index is 0.310. The van der Waals surface area contributed by atoms with Crippen LogP contribution < -0.4 is 4.74 Å². The summed E-state index contributed by atoms with van der Waals surface area (Å²) in [6, 6.07) is 3.71. The zero-order valence-electron chi connectivity index (χ0n) is 8.68. The lowest BCUT2D eigenvalue weighted by atomic mass is 10.0. The van der Waals surface area contributed by atoms with E-state index in [9.17, 15) is 4.79 Å². The molecule has 0 atom stereocenters. The summed E-state index contributed by atoms with van der Waals surface area (Å²) >= 11 is 6.12. The number of hydrogen-bond acceptors (Lipinski definition) is 2. The van der Waals surface area contributed by atoms with Gasteiger partial charge in [0.25, 0.3) is 0 Å². The molecule has 0 spiro atoms. The highest BCUT2D eigenvalue weighted by Gasteiger charge is 2.18. The number of hydrogen-bond donors (Lipinski definition) is 0. The first-order valence-corrected chi connectivity index (χ1v) is 5.46. The van der Waals surface area contributed by atoms with Gasteiger partial charge in [0.2, 0.25) is 0 Å². The number of rotatable bonds is 1. The van der Waals surface area contributed by atoms with Crippen LogP contribution in [0.4, 0.5) is 0 Å². The molecule has 2 nitrogen and oxygen atoms in total. The van der Waals surface area contributed by atoms with E-state index in [2.05, 4.69) is 0 Å².